The third kappa shape index (κ3) is 5.20. The molecule has 0 radical (unpaired) electrons. The zero-order valence-electron chi connectivity index (χ0n) is 18.5. The molecule has 33 heavy (non-hydrogen) atoms. The number of benzene rings is 3. The maximum absolute atomic E-state index is 13.5. The van der Waals surface area contributed by atoms with E-state index < -0.39 is 0 Å². The summed E-state index contributed by atoms with van der Waals surface area (Å²) in [6.07, 6.45) is 0.785. The highest BCUT2D eigenvalue weighted by Gasteiger charge is 2.31. The molecule has 4 aromatic rings. The number of aryl methyl sites for hydroxylation is 1. The van der Waals surface area contributed by atoms with Crippen molar-refractivity contribution >= 4 is 45.0 Å². The number of H-pyrrole nitrogens is 1. The summed E-state index contributed by atoms with van der Waals surface area (Å²) in [6.45, 7) is 4.51. The zero-order valence-corrected chi connectivity index (χ0v) is 19.3. The second-order valence-corrected chi connectivity index (χ2v) is 9.36. The largest absolute Gasteiger partial charge is 0.486 e. The molecule has 0 saturated carbocycles. The van der Waals surface area contributed by atoms with Gasteiger partial charge < -0.3 is 14.8 Å². The van der Waals surface area contributed by atoms with Gasteiger partial charge in [0, 0.05) is 28.8 Å². The van der Waals surface area contributed by atoms with Gasteiger partial charge in [0.2, 0.25) is 0 Å². The summed E-state index contributed by atoms with van der Waals surface area (Å²) in [4.78, 5) is 16.7. The van der Waals surface area contributed by atoms with Crippen LogP contribution in [0.2, 0.25) is 0 Å². The first-order valence-electron chi connectivity index (χ1n) is 10.6. The van der Waals surface area contributed by atoms with Crippen LogP contribution in [0.3, 0.4) is 0 Å². The number of nitrogens with one attached hydrogen (secondary N) is 1. The molecule has 0 aliphatic carbocycles. The van der Waals surface area contributed by atoms with E-state index >= 15 is 0 Å². The molecule has 170 valence electrons. The fourth-order valence-corrected chi connectivity index (χ4v) is 5.19. The number of carbonyl (C=O) groups is 1. The van der Waals surface area contributed by atoms with Crippen LogP contribution >= 0.6 is 11.8 Å². The summed E-state index contributed by atoms with van der Waals surface area (Å²) in [7, 11) is 0. The Bertz CT molecular complexity index is 1330. The maximum Gasteiger partial charge on any atom is 0.290 e. The first-order chi connectivity index (χ1) is 15.9. The number of hydrogen-bond donors (Lipinski definition) is 2. The van der Waals surface area contributed by atoms with Crippen molar-refractivity contribution in [2.24, 2.45) is 4.99 Å². The van der Waals surface area contributed by atoms with Crippen LogP contribution < -0.4 is 4.74 Å². The maximum atomic E-state index is 13.5. The number of halogens is 1. The van der Waals surface area contributed by atoms with Crippen LogP contribution in [-0.4, -0.2) is 39.5 Å². The van der Waals surface area contributed by atoms with E-state index in [1.165, 1.54) is 17.0 Å². The van der Waals surface area contributed by atoms with Gasteiger partial charge in [0.15, 0.2) is 0 Å². The fraction of sp³-hybridized carbons (Fsp3) is 0.231. The van der Waals surface area contributed by atoms with Crippen molar-refractivity contribution in [3.63, 3.8) is 0 Å². The highest BCUT2D eigenvalue weighted by atomic mass is 32.2. The molecule has 1 aromatic heterocycles. The Morgan fingerprint density at radius 3 is 2.73 bits per heavy atom. The number of carboxylic acid groups (broad SMARTS) is 1. The van der Waals surface area contributed by atoms with E-state index in [-0.39, 0.29) is 17.8 Å². The van der Waals surface area contributed by atoms with Gasteiger partial charge in [-0.05, 0) is 60.5 Å². The molecule has 3 aromatic carbocycles. The van der Waals surface area contributed by atoms with Crippen molar-refractivity contribution in [2.45, 2.75) is 25.8 Å². The Kier molecular flexibility index (Phi) is 6.70. The lowest BCUT2D eigenvalue weighted by molar-refractivity contribution is -0.122. The third-order valence-electron chi connectivity index (χ3n) is 5.61. The van der Waals surface area contributed by atoms with Crippen LogP contribution in [0, 0.1) is 12.7 Å². The van der Waals surface area contributed by atoms with Crippen LogP contribution in [0.1, 0.15) is 18.2 Å². The summed E-state index contributed by atoms with van der Waals surface area (Å²) >= 11 is 1.76. The summed E-state index contributed by atoms with van der Waals surface area (Å²) in [5.74, 6) is 1.58. The lowest BCUT2D eigenvalue weighted by atomic mass is 9.99. The van der Waals surface area contributed by atoms with E-state index in [9.17, 15) is 4.39 Å². The van der Waals surface area contributed by atoms with Crippen LogP contribution in [-0.2, 0) is 11.2 Å². The molecule has 0 saturated heterocycles. The lowest BCUT2D eigenvalue weighted by Gasteiger charge is -2.18. The minimum absolute atomic E-state index is 0.196. The molecule has 2 heterocycles. The van der Waals surface area contributed by atoms with Crippen LogP contribution in [0.4, 0.5) is 4.39 Å². The molecule has 2 N–H and O–H groups in total. The minimum atomic E-state index is -0.250. The first-order valence-corrected chi connectivity index (χ1v) is 11.6. The van der Waals surface area contributed by atoms with Gasteiger partial charge in [-0.1, -0.05) is 30.3 Å². The molecule has 0 bridgehead atoms. The van der Waals surface area contributed by atoms with Gasteiger partial charge in [-0.15, -0.1) is 11.8 Å². The molecule has 7 heteroatoms. The van der Waals surface area contributed by atoms with Crippen molar-refractivity contribution in [2.75, 3.05) is 12.4 Å². The van der Waals surface area contributed by atoms with Gasteiger partial charge in [0.05, 0.1) is 5.54 Å². The third-order valence-corrected chi connectivity index (χ3v) is 6.92. The smallest absolute Gasteiger partial charge is 0.290 e. The molecule has 0 spiro atoms. The van der Waals surface area contributed by atoms with Crippen molar-refractivity contribution in [3.05, 3.63) is 77.7 Å². The van der Waals surface area contributed by atoms with Crippen molar-refractivity contribution < 1.29 is 19.0 Å². The predicted molar refractivity (Wildman–Crippen MR) is 133 cm³/mol. The van der Waals surface area contributed by atoms with E-state index in [0.717, 1.165) is 44.9 Å². The number of rotatable bonds is 5. The van der Waals surface area contributed by atoms with Crippen molar-refractivity contribution in [3.8, 4) is 5.75 Å². The highest BCUT2D eigenvalue weighted by molar-refractivity contribution is 8.14. The molecular weight excluding hydrogens is 439 g/mol. The van der Waals surface area contributed by atoms with E-state index in [0.29, 0.717) is 6.61 Å². The molecule has 0 fully saturated rings. The monoisotopic (exact) mass is 464 g/mol. The molecule has 0 amide bonds. The van der Waals surface area contributed by atoms with E-state index in [2.05, 4.69) is 49.2 Å². The van der Waals surface area contributed by atoms with E-state index in [1.54, 1.807) is 17.8 Å². The molecule has 1 aliphatic rings. The number of ether oxygens (including phenoxy) is 1. The topological polar surface area (TPSA) is 74.7 Å². The van der Waals surface area contributed by atoms with Crippen molar-refractivity contribution in [1.82, 2.24) is 4.98 Å². The predicted octanol–water partition coefficient (Wildman–Crippen LogP) is 5.99. The van der Waals surface area contributed by atoms with Crippen LogP contribution in [0.15, 0.2) is 65.7 Å². The molecular formula is C26H25FN2O3S. The second-order valence-electron chi connectivity index (χ2n) is 8.31. The lowest BCUT2D eigenvalue weighted by Crippen LogP contribution is -2.25. The SMILES string of the molecule is Cc1ccc(OCC2=NC(C)(Cc3cc4ccc(F)cc4[nH]3)CS2)c2ccccc12.O=CO. The Morgan fingerprint density at radius 2 is 1.94 bits per heavy atom. The molecule has 5 rings (SSSR count). The average Bonchev–Trinajstić information content (AvgIpc) is 3.36. The molecule has 1 aliphatic heterocycles. The second kappa shape index (κ2) is 9.67. The Balaban J connectivity index is 0.000000821. The number of nitrogens with zero attached hydrogens (tertiary/aromatic N) is 1. The molecule has 5 nitrogen and oxygen atoms in total. The van der Waals surface area contributed by atoms with Crippen LogP contribution in [0.5, 0.6) is 5.75 Å². The quantitative estimate of drug-likeness (QED) is 0.356. The molecule has 1 atom stereocenters. The van der Waals surface area contributed by atoms with Crippen LogP contribution in [0.25, 0.3) is 21.7 Å². The van der Waals surface area contributed by atoms with E-state index in [1.807, 2.05) is 18.2 Å². The summed E-state index contributed by atoms with van der Waals surface area (Å²) in [5, 5.41) is 11.3. The van der Waals surface area contributed by atoms with Gasteiger partial charge in [-0.2, -0.15) is 0 Å². The highest BCUT2D eigenvalue weighted by Crippen LogP contribution is 2.33. The standard InChI is InChI=1S/C25H23FN2OS.CH2O2/c1-16-7-10-23(21-6-4-3-5-20(16)21)29-14-24-28-25(2,15-30-24)13-19-11-17-8-9-18(26)12-22(17)27-19;2-1-3/h3-12,27H,13-15H2,1-2H3;1H,(H,2,3). The van der Waals surface area contributed by atoms with E-state index in [4.69, 9.17) is 19.6 Å². The van der Waals surface area contributed by atoms with Gasteiger partial charge >= 0.3 is 0 Å². The average molecular weight is 465 g/mol. The number of thioether (sulfide) groups is 1. The minimum Gasteiger partial charge on any atom is -0.486 e. The Hall–Kier alpha value is -3.32. The molecule has 1 unspecified atom stereocenters. The Morgan fingerprint density at radius 1 is 1.18 bits per heavy atom. The number of aliphatic imine (C=N–C) groups is 1. The summed E-state index contributed by atoms with van der Waals surface area (Å²) in [5.41, 5.74) is 2.96. The number of aromatic amines is 1. The fourth-order valence-electron chi connectivity index (χ4n) is 4.12. The number of hydrogen-bond acceptors (Lipinski definition) is 4. The summed E-state index contributed by atoms with van der Waals surface area (Å²) < 4.78 is 19.6. The van der Waals surface area contributed by atoms with Crippen molar-refractivity contribution in [1.29, 1.82) is 0 Å². The number of aromatic nitrogens is 1. The summed E-state index contributed by atoms with van der Waals surface area (Å²) in [6, 6.07) is 19.4. The first kappa shape index (κ1) is 22.9. The zero-order chi connectivity index (χ0) is 23.4. The number of fused-ring (bicyclic) bond motifs is 2. The van der Waals surface area contributed by atoms with Gasteiger partial charge in [-0.3, -0.25) is 9.79 Å². The normalized spacial score (nSPS) is 17.5. The Labute approximate surface area is 195 Å². The van der Waals surface area contributed by atoms with Gasteiger partial charge in [0.25, 0.3) is 6.47 Å². The van der Waals surface area contributed by atoms with Gasteiger partial charge in [0.1, 0.15) is 23.2 Å². The van der Waals surface area contributed by atoms with Gasteiger partial charge in [-0.25, -0.2) is 4.39 Å².